The van der Waals surface area contributed by atoms with Crippen molar-refractivity contribution in [2.24, 2.45) is 0 Å². The third-order valence-corrected chi connectivity index (χ3v) is 3.30. The lowest BCUT2D eigenvalue weighted by molar-refractivity contribution is 0.302. The molecule has 3 rings (SSSR count). The van der Waals surface area contributed by atoms with Gasteiger partial charge in [0.1, 0.15) is 18.2 Å². The first-order valence-corrected chi connectivity index (χ1v) is 6.16. The van der Waals surface area contributed by atoms with Gasteiger partial charge in [0, 0.05) is 23.5 Å². The highest BCUT2D eigenvalue weighted by Gasteiger charge is 2.19. The van der Waals surface area contributed by atoms with Crippen molar-refractivity contribution in [2.75, 3.05) is 0 Å². The van der Waals surface area contributed by atoms with Crippen molar-refractivity contribution in [3.8, 4) is 5.75 Å². The fourth-order valence-corrected chi connectivity index (χ4v) is 2.41. The first-order chi connectivity index (χ1) is 8.84. The van der Waals surface area contributed by atoms with Crippen LogP contribution < -0.4 is 4.74 Å². The van der Waals surface area contributed by atoms with E-state index in [2.05, 4.69) is 4.98 Å². The highest BCUT2D eigenvalue weighted by molar-refractivity contribution is 5.44. The summed E-state index contributed by atoms with van der Waals surface area (Å²) in [6.07, 6.45) is 6.27. The smallest absolute Gasteiger partial charge is 0.126 e. The minimum atomic E-state index is -0.101. The number of hydrogen-bond acceptors (Lipinski definition) is 2. The van der Waals surface area contributed by atoms with E-state index in [0.29, 0.717) is 6.61 Å². The molecule has 1 aliphatic carbocycles. The maximum atomic E-state index is 13.6. The van der Waals surface area contributed by atoms with E-state index >= 15 is 0 Å². The molecular formula is C15H14FNO. The molecule has 92 valence electrons. The zero-order valence-electron chi connectivity index (χ0n) is 10.0. The summed E-state index contributed by atoms with van der Waals surface area (Å²) < 4.78 is 19.4. The van der Waals surface area contributed by atoms with Gasteiger partial charge in [0.25, 0.3) is 0 Å². The first kappa shape index (κ1) is 11.2. The van der Waals surface area contributed by atoms with E-state index in [1.807, 2.05) is 12.1 Å². The van der Waals surface area contributed by atoms with E-state index in [4.69, 9.17) is 4.74 Å². The van der Waals surface area contributed by atoms with Gasteiger partial charge in [-0.05, 0) is 43.0 Å². The van der Waals surface area contributed by atoms with Crippen LogP contribution in [-0.4, -0.2) is 4.98 Å². The number of fused-ring (bicyclic) bond motifs is 1. The largest absolute Gasteiger partial charge is 0.489 e. The Hall–Kier alpha value is -1.90. The van der Waals surface area contributed by atoms with E-state index in [1.54, 1.807) is 18.5 Å². The van der Waals surface area contributed by atoms with Crippen LogP contribution in [0.3, 0.4) is 0 Å². The molecule has 0 aliphatic heterocycles. The highest BCUT2D eigenvalue weighted by atomic mass is 19.1. The lowest BCUT2D eigenvalue weighted by atomic mass is 10.1. The zero-order valence-corrected chi connectivity index (χ0v) is 10.0. The van der Waals surface area contributed by atoms with E-state index in [1.165, 1.54) is 6.07 Å². The van der Waals surface area contributed by atoms with Gasteiger partial charge in [0.15, 0.2) is 0 Å². The Morgan fingerprint density at radius 2 is 2.06 bits per heavy atom. The predicted octanol–water partition coefficient (Wildman–Crippen LogP) is 3.29. The van der Waals surface area contributed by atoms with Gasteiger partial charge in [0.2, 0.25) is 0 Å². The minimum absolute atomic E-state index is 0.101. The van der Waals surface area contributed by atoms with Gasteiger partial charge in [0.05, 0.1) is 0 Å². The van der Waals surface area contributed by atoms with Crippen LogP contribution in [0.15, 0.2) is 36.7 Å². The molecule has 0 fully saturated rings. The molecule has 1 aliphatic rings. The van der Waals surface area contributed by atoms with Crippen LogP contribution in [0.4, 0.5) is 4.39 Å². The van der Waals surface area contributed by atoms with E-state index in [9.17, 15) is 4.39 Å². The third-order valence-electron chi connectivity index (χ3n) is 3.30. The van der Waals surface area contributed by atoms with E-state index in [0.717, 1.165) is 41.7 Å². The van der Waals surface area contributed by atoms with Crippen molar-refractivity contribution in [3.63, 3.8) is 0 Å². The average Bonchev–Trinajstić information content (AvgIpc) is 2.90. The van der Waals surface area contributed by atoms with Crippen molar-refractivity contribution in [2.45, 2.75) is 25.9 Å². The second-order valence-corrected chi connectivity index (χ2v) is 4.51. The van der Waals surface area contributed by atoms with Gasteiger partial charge < -0.3 is 4.74 Å². The number of aromatic nitrogens is 1. The monoisotopic (exact) mass is 243 g/mol. The molecule has 3 heteroatoms. The van der Waals surface area contributed by atoms with Gasteiger partial charge in [-0.25, -0.2) is 4.39 Å². The van der Waals surface area contributed by atoms with Gasteiger partial charge in [-0.1, -0.05) is 6.07 Å². The summed E-state index contributed by atoms with van der Waals surface area (Å²) in [5, 5.41) is 0. The topological polar surface area (TPSA) is 22.1 Å². The lowest BCUT2D eigenvalue weighted by Gasteiger charge is -2.11. The minimum Gasteiger partial charge on any atom is -0.489 e. The maximum Gasteiger partial charge on any atom is 0.126 e. The van der Waals surface area contributed by atoms with Gasteiger partial charge in [-0.15, -0.1) is 0 Å². The van der Waals surface area contributed by atoms with Crippen LogP contribution in [0.25, 0.3) is 0 Å². The third kappa shape index (κ3) is 2.08. The molecule has 0 bridgehead atoms. The molecule has 0 spiro atoms. The number of halogens is 1. The normalized spacial score (nSPS) is 13.4. The Morgan fingerprint density at radius 3 is 2.89 bits per heavy atom. The maximum absolute atomic E-state index is 13.6. The van der Waals surface area contributed by atoms with Crippen LogP contribution in [0.5, 0.6) is 5.75 Å². The van der Waals surface area contributed by atoms with Crippen molar-refractivity contribution in [1.82, 2.24) is 4.98 Å². The summed E-state index contributed by atoms with van der Waals surface area (Å²) >= 11 is 0. The summed E-state index contributed by atoms with van der Waals surface area (Å²) in [5.74, 6) is 0.712. The summed E-state index contributed by atoms with van der Waals surface area (Å²) in [4.78, 5) is 4.04. The number of benzene rings is 1. The fraction of sp³-hybridized carbons (Fsp3) is 0.267. The molecular weight excluding hydrogens is 229 g/mol. The first-order valence-electron chi connectivity index (χ1n) is 6.16. The van der Waals surface area contributed by atoms with Gasteiger partial charge in [-0.2, -0.15) is 0 Å². The van der Waals surface area contributed by atoms with Crippen LogP contribution in [-0.2, 0) is 19.4 Å². The molecule has 2 nitrogen and oxygen atoms in total. The summed E-state index contributed by atoms with van der Waals surface area (Å²) in [7, 11) is 0. The summed E-state index contributed by atoms with van der Waals surface area (Å²) in [6, 6.07) is 7.09. The number of ether oxygens (including phenoxy) is 1. The van der Waals surface area contributed by atoms with Crippen LogP contribution in [0, 0.1) is 5.82 Å². The number of hydrogen-bond donors (Lipinski definition) is 0. The molecule has 18 heavy (non-hydrogen) atoms. The van der Waals surface area contributed by atoms with Crippen molar-refractivity contribution in [1.29, 1.82) is 0 Å². The molecule has 1 aromatic heterocycles. The molecule has 0 unspecified atom stereocenters. The molecule has 0 saturated heterocycles. The van der Waals surface area contributed by atoms with E-state index in [-0.39, 0.29) is 5.82 Å². The molecule has 0 saturated carbocycles. The Morgan fingerprint density at radius 1 is 1.17 bits per heavy atom. The molecule has 0 radical (unpaired) electrons. The zero-order chi connectivity index (χ0) is 12.4. The Labute approximate surface area is 105 Å². The molecule has 2 aromatic rings. The summed E-state index contributed by atoms with van der Waals surface area (Å²) in [5.41, 5.74) is 2.89. The average molecular weight is 243 g/mol. The predicted molar refractivity (Wildman–Crippen MR) is 67.0 cm³/mol. The fourth-order valence-electron chi connectivity index (χ4n) is 2.41. The Bertz CT molecular complexity index is 554. The molecule has 0 atom stereocenters. The Balaban J connectivity index is 1.80. The molecule has 1 heterocycles. The number of nitrogens with zero attached hydrogens (tertiary/aromatic N) is 1. The Kier molecular flexibility index (Phi) is 2.97. The number of pyridine rings is 1. The summed E-state index contributed by atoms with van der Waals surface area (Å²) in [6.45, 7) is 0.478. The molecule has 0 amide bonds. The van der Waals surface area contributed by atoms with Gasteiger partial charge >= 0.3 is 0 Å². The quantitative estimate of drug-likeness (QED) is 0.825. The van der Waals surface area contributed by atoms with Crippen molar-refractivity contribution < 1.29 is 9.13 Å². The highest BCUT2D eigenvalue weighted by Crippen LogP contribution is 2.32. The van der Waals surface area contributed by atoms with Crippen LogP contribution in [0.1, 0.15) is 23.1 Å². The lowest BCUT2D eigenvalue weighted by Crippen LogP contribution is -2.00. The number of rotatable bonds is 3. The SMILES string of the molecule is Fc1ccc(OCc2cccnc2)c2c1CCC2. The standard InChI is InChI=1S/C15H14FNO/c16-14-6-7-15(13-5-1-4-12(13)14)18-10-11-3-2-8-17-9-11/h2-3,6-9H,1,4-5,10H2. The second kappa shape index (κ2) is 4.77. The molecule has 0 N–H and O–H groups in total. The van der Waals surface area contributed by atoms with Crippen molar-refractivity contribution >= 4 is 0 Å². The van der Waals surface area contributed by atoms with Crippen LogP contribution >= 0.6 is 0 Å². The second-order valence-electron chi connectivity index (χ2n) is 4.51. The van der Waals surface area contributed by atoms with Gasteiger partial charge in [-0.3, -0.25) is 4.98 Å². The molecule has 1 aromatic carbocycles. The van der Waals surface area contributed by atoms with Crippen molar-refractivity contribution in [3.05, 3.63) is 59.2 Å². The van der Waals surface area contributed by atoms with Crippen LogP contribution in [0.2, 0.25) is 0 Å². The van der Waals surface area contributed by atoms with E-state index < -0.39 is 0 Å².